The van der Waals surface area contributed by atoms with Crippen molar-refractivity contribution < 1.29 is 40.9 Å². The summed E-state index contributed by atoms with van der Waals surface area (Å²) >= 11 is 0. The fourth-order valence-electron chi connectivity index (χ4n) is 3.29. The Labute approximate surface area is 176 Å². The molecule has 1 saturated heterocycles. The molecule has 2 aromatic carbocycles. The van der Waals surface area contributed by atoms with E-state index in [9.17, 15) is 46.0 Å². The maximum atomic E-state index is 13.6. The van der Waals surface area contributed by atoms with Crippen molar-refractivity contribution in [2.24, 2.45) is 0 Å². The lowest BCUT2D eigenvalue weighted by atomic mass is 10.0. The van der Waals surface area contributed by atoms with Crippen LogP contribution in [-0.2, 0) is 17.1 Å². The van der Waals surface area contributed by atoms with Crippen molar-refractivity contribution in [3.05, 3.63) is 63.7 Å². The van der Waals surface area contributed by atoms with Gasteiger partial charge in [0.2, 0.25) is 0 Å². The van der Waals surface area contributed by atoms with Gasteiger partial charge in [-0.05, 0) is 44.2 Å². The van der Waals surface area contributed by atoms with Crippen molar-refractivity contribution >= 4 is 29.0 Å². The van der Waals surface area contributed by atoms with Gasteiger partial charge in [0.25, 0.3) is 11.6 Å². The molecule has 1 heterocycles. The summed E-state index contributed by atoms with van der Waals surface area (Å²) in [5.41, 5.74) is -6.41. The van der Waals surface area contributed by atoms with Gasteiger partial charge in [0, 0.05) is 12.1 Å². The van der Waals surface area contributed by atoms with Crippen LogP contribution in [0.1, 0.15) is 25.0 Å². The molecule has 32 heavy (non-hydrogen) atoms. The van der Waals surface area contributed by atoms with Crippen LogP contribution in [-0.4, -0.2) is 22.4 Å². The van der Waals surface area contributed by atoms with Crippen LogP contribution in [0.3, 0.4) is 0 Å². The van der Waals surface area contributed by atoms with Crippen LogP contribution in [0.15, 0.2) is 42.5 Å². The fraction of sp³-hybridized carbons (Fsp3) is 0.263. The minimum absolute atomic E-state index is 0.240. The number of nitro benzene ring substituents is 1. The summed E-state index contributed by atoms with van der Waals surface area (Å²) in [6, 6.07) is 3.38. The molecule has 7 nitrogen and oxygen atoms in total. The van der Waals surface area contributed by atoms with Crippen molar-refractivity contribution in [1.29, 1.82) is 0 Å². The number of amides is 3. The van der Waals surface area contributed by atoms with E-state index in [-0.39, 0.29) is 11.8 Å². The number of nitro groups is 1. The van der Waals surface area contributed by atoms with Gasteiger partial charge >= 0.3 is 18.4 Å². The molecule has 3 rings (SSSR count). The molecule has 0 N–H and O–H groups in total. The highest BCUT2D eigenvalue weighted by atomic mass is 19.4. The molecule has 13 heteroatoms. The molecule has 170 valence electrons. The number of urea groups is 1. The first kappa shape index (κ1) is 23.0. The first-order valence-electron chi connectivity index (χ1n) is 8.78. The second-order valence-corrected chi connectivity index (χ2v) is 7.32. The Bertz CT molecular complexity index is 1110. The van der Waals surface area contributed by atoms with Gasteiger partial charge < -0.3 is 0 Å². The van der Waals surface area contributed by atoms with Gasteiger partial charge in [-0.15, -0.1) is 0 Å². The van der Waals surface area contributed by atoms with Crippen molar-refractivity contribution in [3.8, 4) is 0 Å². The average molecular weight is 461 g/mol. The molecule has 0 bridgehead atoms. The Morgan fingerprint density at radius 2 is 1.47 bits per heavy atom. The third-order valence-electron chi connectivity index (χ3n) is 4.86. The SMILES string of the molecule is CC1(C)C(=O)N(c2ccc(C(F)(F)F)cc2)C(=O)N1c1ccc([N+](=O)[O-])cc1C(F)(F)F. The van der Waals surface area contributed by atoms with E-state index in [1.54, 1.807) is 0 Å². The van der Waals surface area contributed by atoms with Gasteiger partial charge in [-0.3, -0.25) is 19.8 Å². The number of benzene rings is 2. The van der Waals surface area contributed by atoms with E-state index in [2.05, 4.69) is 0 Å². The van der Waals surface area contributed by atoms with E-state index in [0.717, 1.165) is 32.0 Å². The maximum Gasteiger partial charge on any atom is 0.418 e. The fourth-order valence-corrected chi connectivity index (χ4v) is 3.29. The van der Waals surface area contributed by atoms with Crippen LogP contribution < -0.4 is 9.80 Å². The predicted octanol–water partition coefficient (Wildman–Crippen LogP) is 5.38. The highest BCUT2D eigenvalue weighted by Gasteiger charge is 2.54. The molecule has 0 atom stereocenters. The van der Waals surface area contributed by atoms with Crippen LogP contribution in [0.4, 0.5) is 48.2 Å². The van der Waals surface area contributed by atoms with Crippen LogP contribution in [0.2, 0.25) is 0 Å². The number of alkyl halides is 6. The summed E-state index contributed by atoms with van der Waals surface area (Å²) in [6.45, 7) is 2.30. The van der Waals surface area contributed by atoms with Gasteiger partial charge in [0.15, 0.2) is 0 Å². The normalized spacial score (nSPS) is 16.6. The van der Waals surface area contributed by atoms with Gasteiger partial charge in [-0.25, -0.2) is 9.69 Å². The van der Waals surface area contributed by atoms with E-state index in [0.29, 0.717) is 28.0 Å². The number of hydrogen-bond donors (Lipinski definition) is 0. The number of non-ortho nitro benzene ring substituents is 1. The van der Waals surface area contributed by atoms with Crippen molar-refractivity contribution in [1.82, 2.24) is 0 Å². The van der Waals surface area contributed by atoms with Gasteiger partial charge in [-0.2, -0.15) is 26.3 Å². The third kappa shape index (κ3) is 3.74. The van der Waals surface area contributed by atoms with Crippen LogP contribution >= 0.6 is 0 Å². The van der Waals surface area contributed by atoms with Crippen LogP contribution in [0.25, 0.3) is 0 Å². The number of imide groups is 1. The van der Waals surface area contributed by atoms with Gasteiger partial charge in [0.05, 0.1) is 27.4 Å². The predicted molar refractivity (Wildman–Crippen MR) is 99.0 cm³/mol. The number of carbonyl (C=O) groups excluding carboxylic acids is 2. The zero-order valence-corrected chi connectivity index (χ0v) is 16.3. The molecular formula is C19H13F6N3O4. The van der Waals surface area contributed by atoms with Crippen molar-refractivity contribution in [2.75, 3.05) is 9.80 Å². The molecule has 0 unspecified atom stereocenters. The molecule has 1 aliphatic heterocycles. The smallest absolute Gasteiger partial charge is 0.278 e. The number of halogens is 6. The van der Waals surface area contributed by atoms with E-state index in [1.165, 1.54) is 0 Å². The van der Waals surface area contributed by atoms with E-state index in [1.807, 2.05) is 0 Å². The average Bonchev–Trinajstić information content (AvgIpc) is 2.84. The lowest BCUT2D eigenvalue weighted by Crippen LogP contribution is -2.45. The Morgan fingerprint density at radius 1 is 0.906 bits per heavy atom. The molecule has 0 saturated carbocycles. The largest absolute Gasteiger partial charge is 0.418 e. The Hall–Kier alpha value is -3.64. The molecule has 0 aromatic heterocycles. The quantitative estimate of drug-likeness (QED) is 0.266. The summed E-state index contributed by atoms with van der Waals surface area (Å²) in [6.07, 6.45) is -9.79. The van der Waals surface area contributed by atoms with Crippen molar-refractivity contribution in [2.45, 2.75) is 31.7 Å². The minimum atomic E-state index is -5.11. The Kier molecular flexibility index (Phi) is 5.19. The number of carbonyl (C=O) groups is 2. The van der Waals surface area contributed by atoms with E-state index in [4.69, 9.17) is 0 Å². The summed E-state index contributed by atoms with van der Waals surface area (Å²) < 4.78 is 79.3. The molecule has 0 aliphatic carbocycles. The molecule has 0 radical (unpaired) electrons. The van der Waals surface area contributed by atoms with Crippen LogP contribution in [0.5, 0.6) is 0 Å². The van der Waals surface area contributed by atoms with Gasteiger partial charge in [0.1, 0.15) is 5.54 Å². The van der Waals surface area contributed by atoms with Gasteiger partial charge in [-0.1, -0.05) is 0 Å². The lowest BCUT2D eigenvalue weighted by molar-refractivity contribution is -0.385. The second kappa shape index (κ2) is 7.21. The molecule has 3 amide bonds. The summed E-state index contributed by atoms with van der Waals surface area (Å²) in [5.74, 6) is -0.992. The zero-order valence-electron chi connectivity index (χ0n) is 16.3. The number of anilines is 2. The zero-order chi connectivity index (χ0) is 24.2. The molecule has 2 aromatic rings. The molecule has 1 fully saturated rings. The lowest BCUT2D eigenvalue weighted by Gasteiger charge is -2.29. The maximum absolute atomic E-state index is 13.6. The second-order valence-electron chi connectivity index (χ2n) is 7.32. The minimum Gasteiger partial charge on any atom is -0.278 e. The first-order chi connectivity index (χ1) is 14.6. The molecular weight excluding hydrogens is 448 g/mol. The Morgan fingerprint density at radius 3 is 1.94 bits per heavy atom. The number of nitrogens with zero attached hydrogens (tertiary/aromatic N) is 3. The van der Waals surface area contributed by atoms with E-state index >= 15 is 0 Å². The third-order valence-corrected chi connectivity index (χ3v) is 4.86. The summed E-state index contributed by atoms with van der Waals surface area (Å²) in [4.78, 5) is 36.7. The number of rotatable bonds is 3. The van der Waals surface area contributed by atoms with E-state index < -0.39 is 57.3 Å². The standard InChI is InChI=1S/C19H13F6N3O4/c1-17(2)15(29)26(11-5-3-10(4-6-11)18(20,21)22)16(30)27(17)14-8-7-12(28(31)32)9-13(14)19(23,24)25/h3-9H,1-2H3. The highest BCUT2D eigenvalue weighted by Crippen LogP contribution is 2.44. The summed E-state index contributed by atoms with van der Waals surface area (Å²) in [5, 5.41) is 10.9. The van der Waals surface area contributed by atoms with Crippen LogP contribution in [0, 0.1) is 10.1 Å². The Balaban J connectivity index is 2.13. The monoisotopic (exact) mass is 461 g/mol. The molecule has 1 aliphatic rings. The van der Waals surface area contributed by atoms with Crippen molar-refractivity contribution in [3.63, 3.8) is 0 Å². The first-order valence-corrected chi connectivity index (χ1v) is 8.78. The highest BCUT2D eigenvalue weighted by molar-refractivity contribution is 6.30. The summed E-state index contributed by atoms with van der Waals surface area (Å²) in [7, 11) is 0. The molecule has 0 spiro atoms. The topological polar surface area (TPSA) is 83.8 Å². The number of hydrogen-bond acceptors (Lipinski definition) is 4.